The Balaban J connectivity index is 3.14. The minimum absolute atomic E-state index is 0.819. The Kier molecular flexibility index (Phi) is 3.01. The molecule has 0 bridgehead atoms. The number of nitrogens with one attached hydrogen (secondary N) is 1. The van der Waals surface area contributed by atoms with Crippen LogP contribution >= 0.6 is 0 Å². The van der Waals surface area contributed by atoms with Gasteiger partial charge < -0.3 is 4.90 Å². The third-order valence-corrected chi connectivity index (χ3v) is 1.60. The maximum atomic E-state index is 2.26. The second-order valence-corrected chi connectivity index (χ2v) is 2.39. The van der Waals surface area contributed by atoms with Crippen LogP contribution in [0.25, 0.3) is 0 Å². The minimum Gasteiger partial charge on any atom is -0.338 e. The van der Waals surface area contributed by atoms with Gasteiger partial charge in [-0.15, -0.1) is 0 Å². The topological polar surface area (TPSA) is 4.44 Å². The summed E-state index contributed by atoms with van der Waals surface area (Å²) in [6, 6.07) is 0.819. The lowest BCUT2D eigenvalue weighted by molar-refractivity contribution is -0.883. The van der Waals surface area contributed by atoms with Crippen molar-refractivity contribution in [1.82, 2.24) is 0 Å². The molecule has 1 N–H and O–H groups in total. The first-order valence-electron chi connectivity index (χ1n) is 2.98. The molecule has 0 aliphatic rings. The Hall–Kier alpha value is -0.0400. The van der Waals surface area contributed by atoms with Crippen molar-refractivity contribution in [2.75, 3.05) is 14.1 Å². The first-order chi connectivity index (χ1) is 3.18. The van der Waals surface area contributed by atoms with Crippen molar-refractivity contribution in [1.29, 1.82) is 0 Å². The Morgan fingerprint density at radius 1 is 1.43 bits per heavy atom. The predicted molar refractivity (Wildman–Crippen MR) is 32.6 cm³/mol. The summed E-state index contributed by atoms with van der Waals surface area (Å²) in [6.07, 6.45) is 1.28. The van der Waals surface area contributed by atoms with E-state index < -0.39 is 0 Å². The second-order valence-electron chi connectivity index (χ2n) is 2.39. The van der Waals surface area contributed by atoms with Gasteiger partial charge >= 0.3 is 0 Å². The zero-order valence-corrected chi connectivity index (χ0v) is 5.78. The van der Waals surface area contributed by atoms with Gasteiger partial charge in [-0.1, -0.05) is 6.92 Å². The SMILES string of the molecule is CCC(C)[NH+](C)C. The molecular weight excluding hydrogens is 86.1 g/mol. The van der Waals surface area contributed by atoms with Crippen molar-refractivity contribution in [2.24, 2.45) is 0 Å². The minimum atomic E-state index is 0.819. The molecule has 0 rings (SSSR count). The normalized spacial score (nSPS) is 15.0. The largest absolute Gasteiger partial charge is 0.338 e. The van der Waals surface area contributed by atoms with Crippen LogP contribution in [-0.4, -0.2) is 20.1 Å². The molecule has 1 unspecified atom stereocenters. The quantitative estimate of drug-likeness (QED) is 0.498. The highest BCUT2D eigenvalue weighted by Gasteiger charge is 2.01. The fraction of sp³-hybridized carbons (Fsp3) is 1.00. The Morgan fingerprint density at radius 2 is 1.86 bits per heavy atom. The molecular formula is C6H16N+. The molecule has 0 aliphatic carbocycles. The highest BCUT2D eigenvalue weighted by molar-refractivity contribution is 4.36. The highest BCUT2D eigenvalue weighted by atomic mass is 15.1. The van der Waals surface area contributed by atoms with E-state index in [0.29, 0.717) is 0 Å². The van der Waals surface area contributed by atoms with Crippen LogP contribution in [-0.2, 0) is 0 Å². The molecule has 1 nitrogen and oxygen atoms in total. The standard InChI is InChI=1S/C6H15N/c1-5-6(2)7(3)4/h6H,5H2,1-4H3/p+1. The molecule has 0 aromatic heterocycles. The van der Waals surface area contributed by atoms with Crippen LogP contribution in [0.1, 0.15) is 20.3 Å². The van der Waals surface area contributed by atoms with E-state index in [-0.39, 0.29) is 0 Å². The van der Waals surface area contributed by atoms with Gasteiger partial charge in [-0.25, -0.2) is 0 Å². The van der Waals surface area contributed by atoms with E-state index >= 15 is 0 Å². The number of rotatable bonds is 2. The van der Waals surface area contributed by atoms with Gasteiger partial charge in [-0.05, 0) is 13.3 Å². The van der Waals surface area contributed by atoms with Gasteiger partial charge in [0.2, 0.25) is 0 Å². The average molecular weight is 102 g/mol. The van der Waals surface area contributed by atoms with E-state index in [9.17, 15) is 0 Å². The van der Waals surface area contributed by atoms with Gasteiger partial charge in [0.05, 0.1) is 20.1 Å². The van der Waals surface area contributed by atoms with Crippen LogP contribution in [0, 0.1) is 0 Å². The van der Waals surface area contributed by atoms with Gasteiger partial charge in [0.15, 0.2) is 0 Å². The average Bonchev–Trinajstić information content (AvgIpc) is 1.65. The molecule has 0 amide bonds. The maximum absolute atomic E-state index is 2.26. The van der Waals surface area contributed by atoms with Crippen LogP contribution in [0.3, 0.4) is 0 Å². The van der Waals surface area contributed by atoms with E-state index in [1.165, 1.54) is 6.42 Å². The molecule has 0 saturated heterocycles. The summed E-state index contributed by atoms with van der Waals surface area (Å²) in [5.74, 6) is 0. The molecule has 0 aromatic rings. The summed E-state index contributed by atoms with van der Waals surface area (Å²) >= 11 is 0. The van der Waals surface area contributed by atoms with Crippen LogP contribution in [0.4, 0.5) is 0 Å². The van der Waals surface area contributed by atoms with Crippen LogP contribution in [0.5, 0.6) is 0 Å². The smallest absolute Gasteiger partial charge is 0.0839 e. The first-order valence-corrected chi connectivity index (χ1v) is 2.98. The zero-order valence-electron chi connectivity index (χ0n) is 5.78. The first kappa shape index (κ1) is 6.96. The molecule has 1 heteroatoms. The summed E-state index contributed by atoms with van der Waals surface area (Å²) < 4.78 is 0. The fourth-order valence-electron chi connectivity index (χ4n) is 0.408. The molecule has 0 aromatic carbocycles. The summed E-state index contributed by atoms with van der Waals surface area (Å²) in [7, 11) is 4.38. The number of hydrogen-bond acceptors (Lipinski definition) is 0. The molecule has 44 valence electrons. The van der Waals surface area contributed by atoms with E-state index in [1.54, 1.807) is 4.90 Å². The molecule has 0 aliphatic heterocycles. The van der Waals surface area contributed by atoms with Crippen molar-refractivity contribution in [3.63, 3.8) is 0 Å². The highest BCUT2D eigenvalue weighted by Crippen LogP contribution is 1.77. The second kappa shape index (κ2) is 3.03. The van der Waals surface area contributed by atoms with Crippen molar-refractivity contribution < 1.29 is 4.90 Å². The Labute approximate surface area is 46.3 Å². The molecule has 0 spiro atoms. The molecule has 7 heavy (non-hydrogen) atoms. The van der Waals surface area contributed by atoms with Crippen LogP contribution in [0.15, 0.2) is 0 Å². The van der Waals surface area contributed by atoms with Crippen molar-refractivity contribution in [2.45, 2.75) is 26.3 Å². The third-order valence-electron chi connectivity index (χ3n) is 1.60. The van der Waals surface area contributed by atoms with Gasteiger partial charge in [0.25, 0.3) is 0 Å². The lowest BCUT2D eigenvalue weighted by Crippen LogP contribution is -3.09. The van der Waals surface area contributed by atoms with Crippen molar-refractivity contribution in [3.8, 4) is 0 Å². The van der Waals surface area contributed by atoms with Crippen LogP contribution in [0.2, 0.25) is 0 Å². The molecule has 1 atom stereocenters. The lowest BCUT2D eigenvalue weighted by atomic mass is 10.2. The van der Waals surface area contributed by atoms with E-state index in [4.69, 9.17) is 0 Å². The summed E-state index contributed by atoms with van der Waals surface area (Å²) in [6.45, 7) is 4.48. The van der Waals surface area contributed by atoms with Crippen molar-refractivity contribution >= 4 is 0 Å². The van der Waals surface area contributed by atoms with Crippen molar-refractivity contribution in [3.05, 3.63) is 0 Å². The summed E-state index contributed by atoms with van der Waals surface area (Å²) in [4.78, 5) is 1.54. The van der Waals surface area contributed by atoms with Crippen LogP contribution < -0.4 is 4.90 Å². The van der Waals surface area contributed by atoms with Gasteiger partial charge in [-0.2, -0.15) is 0 Å². The molecule has 0 fully saturated rings. The summed E-state index contributed by atoms with van der Waals surface area (Å²) in [5.41, 5.74) is 0. The van der Waals surface area contributed by atoms with E-state index in [2.05, 4.69) is 27.9 Å². The Bertz CT molecular complexity index is 41.4. The van der Waals surface area contributed by atoms with E-state index in [1.807, 2.05) is 0 Å². The lowest BCUT2D eigenvalue weighted by Gasteiger charge is -2.13. The number of hydrogen-bond donors (Lipinski definition) is 1. The molecule has 0 heterocycles. The third kappa shape index (κ3) is 2.63. The van der Waals surface area contributed by atoms with E-state index in [0.717, 1.165) is 6.04 Å². The number of quaternary nitrogens is 1. The zero-order chi connectivity index (χ0) is 5.86. The summed E-state index contributed by atoms with van der Waals surface area (Å²) in [5, 5.41) is 0. The van der Waals surface area contributed by atoms with Gasteiger partial charge in [0, 0.05) is 0 Å². The monoisotopic (exact) mass is 102 g/mol. The maximum Gasteiger partial charge on any atom is 0.0839 e. The predicted octanol–water partition coefficient (Wildman–Crippen LogP) is -0.0706. The molecule has 0 radical (unpaired) electrons. The van der Waals surface area contributed by atoms with Gasteiger partial charge in [-0.3, -0.25) is 0 Å². The fourth-order valence-corrected chi connectivity index (χ4v) is 0.408. The Morgan fingerprint density at radius 3 is 1.86 bits per heavy atom. The molecule has 0 saturated carbocycles. The van der Waals surface area contributed by atoms with Gasteiger partial charge in [0.1, 0.15) is 0 Å².